The summed E-state index contributed by atoms with van der Waals surface area (Å²) in [5, 5.41) is 3.26. The Kier molecular flexibility index (Phi) is 4.52. The molecule has 0 radical (unpaired) electrons. The highest BCUT2D eigenvalue weighted by Crippen LogP contribution is 2.18. The molecule has 1 aromatic carbocycles. The van der Waals surface area contributed by atoms with Crippen LogP contribution in [0.4, 0.5) is 0 Å². The zero-order valence-electron chi connectivity index (χ0n) is 12.2. The second kappa shape index (κ2) is 6.56. The SMILES string of the molecule is O=S(=O)(NCCc1ccccn1)c1ccc2c(c1)CNCC2. The second-order valence-electron chi connectivity index (χ2n) is 5.33. The summed E-state index contributed by atoms with van der Waals surface area (Å²) < 4.78 is 27.4. The third kappa shape index (κ3) is 3.52. The lowest BCUT2D eigenvalue weighted by atomic mass is 10.0. The number of fused-ring (bicyclic) bond motifs is 1. The molecule has 0 saturated carbocycles. The van der Waals surface area contributed by atoms with E-state index in [0.717, 1.165) is 30.8 Å². The van der Waals surface area contributed by atoms with Crippen molar-refractivity contribution in [2.75, 3.05) is 13.1 Å². The molecule has 1 aliphatic heterocycles. The van der Waals surface area contributed by atoms with Gasteiger partial charge in [0.15, 0.2) is 0 Å². The molecule has 0 fully saturated rings. The van der Waals surface area contributed by atoms with E-state index in [2.05, 4.69) is 15.0 Å². The predicted molar refractivity (Wildman–Crippen MR) is 85.0 cm³/mol. The Morgan fingerprint density at radius 3 is 2.91 bits per heavy atom. The maximum atomic E-state index is 12.4. The molecule has 6 heteroatoms. The van der Waals surface area contributed by atoms with Crippen LogP contribution >= 0.6 is 0 Å². The lowest BCUT2D eigenvalue weighted by Gasteiger charge is -2.18. The van der Waals surface area contributed by atoms with Gasteiger partial charge in [0, 0.05) is 31.4 Å². The molecule has 116 valence electrons. The minimum Gasteiger partial charge on any atom is -0.312 e. The van der Waals surface area contributed by atoms with Crippen molar-refractivity contribution < 1.29 is 8.42 Å². The van der Waals surface area contributed by atoms with E-state index in [1.54, 1.807) is 18.3 Å². The van der Waals surface area contributed by atoms with Gasteiger partial charge in [0.05, 0.1) is 4.90 Å². The van der Waals surface area contributed by atoms with E-state index in [4.69, 9.17) is 0 Å². The Balaban J connectivity index is 1.67. The monoisotopic (exact) mass is 317 g/mol. The quantitative estimate of drug-likeness (QED) is 0.871. The van der Waals surface area contributed by atoms with Crippen molar-refractivity contribution in [2.24, 2.45) is 0 Å². The zero-order chi connectivity index (χ0) is 15.4. The van der Waals surface area contributed by atoms with Gasteiger partial charge in [-0.25, -0.2) is 13.1 Å². The summed E-state index contributed by atoms with van der Waals surface area (Å²) in [5.41, 5.74) is 3.17. The zero-order valence-corrected chi connectivity index (χ0v) is 13.1. The molecule has 0 amide bonds. The highest BCUT2D eigenvalue weighted by atomic mass is 32.2. The van der Waals surface area contributed by atoms with Crippen LogP contribution in [0.5, 0.6) is 0 Å². The van der Waals surface area contributed by atoms with Crippen molar-refractivity contribution in [3.63, 3.8) is 0 Å². The topological polar surface area (TPSA) is 71.1 Å². The van der Waals surface area contributed by atoms with Gasteiger partial charge in [-0.3, -0.25) is 4.98 Å². The van der Waals surface area contributed by atoms with Crippen LogP contribution < -0.4 is 10.0 Å². The number of hydrogen-bond donors (Lipinski definition) is 2. The summed E-state index contributed by atoms with van der Waals surface area (Å²) >= 11 is 0. The third-order valence-electron chi connectivity index (χ3n) is 3.77. The van der Waals surface area contributed by atoms with Crippen LogP contribution in [-0.4, -0.2) is 26.5 Å². The number of nitrogens with one attached hydrogen (secondary N) is 2. The van der Waals surface area contributed by atoms with Crippen LogP contribution in [0.25, 0.3) is 0 Å². The number of benzene rings is 1. The Morgan fingerprint density at radius 1 is 1.18 bits per heavy atom. The fraction of sp³-hybridized carbons (Fsp3) is 0.312. The van der Waals surface area contributed by atoms with Gasteiger partial charge in [-0.2, -0.15) is 0 Å². The van der Waals surface area contributed by atoms with Gasteiger partial charge < -0.3 is 5.32 Å². The van der Waals surface area contributed by atoms with Crippen molar-refractivity contribution in [1.29, 1.82) is 0 Å². The first-order valence-corrected chi connectivity index (χ1v) is 8.85. The summed E-state index contributed by atoms with van der Waals surface area (Å²) in [4.78, 5) is 4.52. The molecular formula is C16H19N3O2S. The Bertz CT molecular complexity index is 745. The Morgan fingerprint density at radius 2 is 2.09 bits per heavy atom. The van der Waals surface area contributed by atoms with Crippen LogP contribution in [0.2, 0.25) is 0 Å². The predicted octanol–water partition coefficient (Wildman–Crippen LogP) is 1.25. The molecule has 0 atom stereocenters. The average molecular weight is 317 g/mol. The minimum atomic E-state index is -3.47. The molecule has 1 aliphatic rings. The number of hydrogen-bond acceptors (Lipinski definition) is 4. The third-order valence-corrected chi connectivity index (χ3v) is 5.23. The van der Waals surface area contributed by atoms with E-state index < -0.39 is 10.0 Å². The van der Waals surface area contributed by atoms with E-state index in [1.165, 1.54) is 5.56 Å². The molecule has 2 heterocycles. The number of aromatic nitrogens is 1. The maximum Gasteiger partial charge on any atom is 0.240 e. The molecule has 0 spiro atoms. The van der Waals surface area contributed by atoms with Crippen LogP contribution in [0.15, 0.2) is 47.5 Å². The molecule has 5 nitrogen and oxygen atoms in total. The maximum absolute atomic E-state index is 12.4. The molecule has 1 aromatic heterocycles. The largest absolute Gasteiger partial charge is 0.312 e. The molecule has 2 N–H and O–H groups in total. The molecule has 0 aliphatic carbocycles. The Hall–Kier alpha value is -1.76. The molecule has 3 rings (SSSR count). The fourth-order valence-corrected chi connectivity index (χ4v) is 3.65. The van der Waals surface area contributed by atoms with E-state index in [1.807, 2.05) is 24.3 Å². The van der Waals surface area contributed by atoms with Crippen LogP contribution in [-0.2, 0) is 29.4 Å². The lowest BCUT2D eigenvalue weighted by Crippen LogP contribution is -2.27. The minimum absolute atomic E-state index is 0.330. The first-order valence-electron chi connectivity index (χ1n) is 7.37. The van der Waals surface area contributed by atoms with E-state index in [0.29, 0.717) is 17.9 Å². The van der Waals surface area contributed by atoms with E-state index in [9.17, 15) is 8.42 Å². The van der Waals surface area contributed by atoms with Crippen LogP contribution in [0.1, 0.15) is 16.8 Å². The smallest absolute Gasteiger partial charge is 0.240 e. The van der Waals surface area contributed by atoms with E-state index >= 15 is 0 Å². The first-order chi connectivity index (χ1) is 10.6. The van der Waals surface area contributed by atoms with Gasteiger partial charge in [0.25, 0.3) is 0 Å². The van der Waals surface area contributed by atoms with Crippen molar-refractivity contribution in [2.45, 2.75) is 24.3 Å². The Labute approximate surface area is 130 Å². The normalized spacial score (nSPS) is 14.5. The summed E-state index contributed by atoms with van der Waals surface area (Å²) in [6, 6.07) is 11.0. The second-order valence-corrected chi connectivity index (χ2v) is 7.09. The van der Waals surface area contributed by atoms with Gasteiger partial charge in [0.1, 0.15) is 0 Å². The molecule has 0 unspecified atom stereocenters. The highest BCUT2D eigenvalue weighted by Gasteiger charge is 2.17. The van der Waals surface area contributed by atoms with Crippen molar-refractivity contribution >= 4 is 10.0 Å². The van der Waals surface area contributed by atoms with Gasteiger partial charge in [-0.1, -0.05) is 12.1 Å². The molecule has 0 bridgehead atoms. The lowest BCUT2D eigenvalue weighted by molar-refractivity contribution is 0.580. The molecular weight excluding hydrogens is 298 g/mol. The first kappa shape index (κ1) is 15.1. The molecule has 0 saturated heterocycles. The summed E-state index contributed by atoms with van der Waals surface area (Å²) in [7, 11) is -3.47. The number of nitrogens with zero attached hydrogens (tertiary/aromatic N) is 1. The molecule has 22 heavy (non-hydrogen) atoms. The van der Waals surface area contributed by atoms with Crippen LogP contribution in [0.3, 0.4) is 0 Å². The van der Waals surface area contributed by atoms with Gasteiger partial charge in [-0.05, 0) is 48.4 Å². The summed E-state index contributed by atoms with van der Waals surface area (Å²) in [6.45, 7) is 2.02. The summed E-state index contributed by atoms with van der Waals surface area (Å²) in [5.74, 6) is 0. The fourth-order valence-electron chi connectivity index (χ4n) is 2.57. The number of rotatable bonds is 5. The van der Waals surface area contributed by atoms with Gasteiger partial charge >= 0.3 is 0 Å². The van der Waals surface area contributed by atoms with Gasteiger partial charge in [-0.15, -0.1) is 0 Å². The molecule has 2 aromatic rings. The van der Waals surface area contributed by atoms with Crippen molar-refractivity contribution in [3.05, 3.63) is 59.4 Å². The van der Waals surface area contributed by atoms with Crippen molar-refractivity contribution in [3.8, 4) is 0 Å². The number of pyridine rings is 1. The van der Waals surface area contributed by atoms with Crippen molar-refractivity contribution in [1.82, 2.24) is 15.0 Å². The standard InChI is InChI=1S/C16H19N3O2S/c20-22(21,19-10-7-15-3-1-2-8-18-15)16-5-4-13-6-9-17-12-14(13)11-16/h1-5,8,11,17,19H,6-7,9-10,12H2. The number of sulfonamides is 1. The highest BCUT2D eigenvalue weighted by molar-refractivity contribution is 7.89. The van der Waals surface area contributed by atoms with Crippen LogP contribution in [0, 0.1) is 0 Å². The van der Waals surface area contributed by atoms with Gasteiger partial charge in [0.2, 0.25) is 10.0 Å². The average Bonchev–Trinajstić information content (AvgIpc) is 2.55. The van der Waals surface area contributed by atoms with E-state index in [-0.39, 0.29) is 0 Å². The summed E-state index contributed by atoms with van der Waals surface area (Å²) in [6.07, 6.45) is 3.23.